The van der Waals surface area contributed by atoms with Crippen molar-refractivity contribution < 1.29 is 0 Å². The van der Waals surface area contributed by atoms with Crippen LogP contribution in [0.4, 0.5) is 0 Å². The number of hydrogen-bond acceptors (Lipinski definition) is 2. The number of nitrogens with zero attached hydrogens (tertiary/aromatic N) is 2. The van der Waals surface area contributed by atoms with Crippen LogP contribution in [0, 0.1) is 5.92 Å². The van der Waals surface area contributed by atoms with Gasteiger partial charge in [0.15, 0.2) is 0 Å². The van der Waals surface area contributed by atoms with E-state index in [4.69, 9.17) is 0 Å². The lowest BCUT2D eigenvalue weighted by Crippen LogP contribution is -2.34. The lowest BCUT2D eigenvalue weighted by molar-refractivity contribution is 0.285. The van der Waals surface area contributed by atoms with Crippen LogP contribution in [-0.4, -0.2) is 22.4 Å². The van der Waals surface area contributed by atoms with Crippen molar-refractivity contribution in [3.05, 3.63) is 18.0 Å². The second-order valence-corrected chi connectivity index (χ2v) is 5.87. The Labute approximate surface area is 111 Å². The first-order valence-electron chi connectivity index (χ1n) is 7.46. The Morgan fingerprint density at radius 3 is 2.94 bits per heavy atom. The summed E-state index contributed by atoms with van der Waals surface area (Å²) in [6.45, 7) is 7.66. The zero-order chi connectivity index (χ0) is 13.0. The minimum absolute atomic E-state index is 0.472. The molecule has 0 saturated heterocycles. The van der Waals surface area contributed by atoms with Crippen molar-refractivity contribution in [2.45, 2.75) is 65.0 Å². The van der Waals surface area contributed by atoms with Crippen molar-refractivity contribution in [1.29, 1.82) is 0 Å². The van der Waals surface area contributed by atoms with Gasteiger partial charge in [0.2, 0.25) is 0 Å². The molecule has 1 saturated carbocycles. The van der Waals surface area contributed by atoms with Crippen molar-refractivity contribution in [1.82, 2.24) is 15.1 Å². The quantitative estimate of drug-likeness (QED) is 0.868. The molecule has 2 rings (SSSR count). The second-order valence-electron chi connectivity index (χ2n) is 5.87. The van der Waals surface area contributed by atoms with Gasteiger partial charge in [-0.3, -0.25) is 4.68 Å². The highest BCUT2D eigenvalue weighted by Crippen LogP contribution is 2.27. The third-order valence-corrected chi connectivity index (χ3v) is 3.97. The molecule has 1 heterocycles. The van der Waals surface area contributed by atoms with Gasteiger partial charge in [0.25, 0.3) is 0 Å². The molecule has 18 heavy (non-hydrogen) atoms. The predicted molar refractivity (Wildman–Crippen MR) is 75.7 cm³/mol. The summed E-state index contributed by atoms with van der Waals surface area (Å²) in [6.07, 6.45) is 8.68. The van der Waals surface area contributed by atoms with Gasteiger partial charge in [-0.1, -0.05) is 13.3 Å². The standard InChI is InChI=1S/C15H27N3/c1-4-16-14-7-5-6-13(10-14)11-15-8-9-18(17-15)12(2)3/h8-9,12-14,16H,4-7,10-11H2,1-3H3. The van der Waals surface area contributed by atoms with Gasteiger partial charge >= 0.3 is 0 Å². The lowest BCUT2D eigenvalue weighted by atomic mass is 9.83. The van der Waals surface area contributed by atoms with E-state index in [2.05, 4.69) is 48.1 Å². The van der Waals surface area contributed by atoms with Gasteiger partial charge in [-0.25, -0.2) is 0 Å². The highest BCUT2D eigenvalue weighted by molar-refractivity contribution is 5.01. The second kappa shape index (κ2) is 6.37. The van der Waals surface area contributed by atoms with Gasteiger partial charge in [0.05, 0.1) is 5.69 Å². The SMILES string of the molecule is CCNC1CCCC(Cc2ccn(C(C)C)n2)C1. The lowest BCUT2D eigenvalue weighted by Gasteiger charge is -2.29. The van der Waals surface area contributed by atoms with Crippen LogP contribution in [0.2, 0.25) is 0 Å². The fourth-order valence-electron chi connectivity index (χ4n) is 3.02. The topological polar surface area (TPSA) is 29.9 Å². The minimum atomic E-state index is 0.472. The molecule has 0 radical (unpaired) electrons. The van der Waals surface area contributed by atoms with E-state index in [0.717, 1.165) is 24.9 Å². The maximum absolute atomic E-state index is 4.67. The molecular weight excluding hydrogens is 222 g/mol. The van der Waals surface area contributed by atoms with E-state index in [0.29, 0.717) is 6.04 Å². The summed E-state index contributed by atoms with van der Waals surface area (Å²) in [5.41, 5.74) is 1.27. The molecule has 0 spiro atoms. The molecule has 2 atom stereocenters. The highest BCUT2D eigenvalue weighted by Gasteiger charge is 2.22. The summed E-state index contributed by atoms with van der Waals surface area (Å²) < 4.78 is 2.07. The fourth-order valence-corrected chi connectivity index (χ4v) is 3.02. The van der Waals surface area contributed by atoms with Crippen LogP contribution >= 0.6 is 0 Å². The summed E-state index contributed by atoms with van der Waals surface area (Å²) >= 11 is 0. The molecule has 3 heteroatoms. The number of aromatic nitrogens is 2. The molecule has 1 aromatic rings. The number of rotatable bonds is 5. The van der Waals surface area contributed by atoms with Gasteiger partial charge in [-0.05, 0) is 58.1 Å². The van der Waals surface area contributed by atoms with Crippen LogP contribution in [0.25, 0.3) is 0 Å². The van der Waals surface area contributed by atoms with E-state index in [1.54, 1.807) is 0 Å². The molecule has 0 bridgehead atoms. The third-order valence-electron chi connectivity index (χ3n) is 3.97. The van der Waals surface area contributed by atoms with E-state index in [1.165, 1.54) is 31.4 Å². The van der Waals surface area contributed by atoms with Crippen LogP contribution in [0.1, 0.15) is 58.2 Å². The smallest absolute Gasteiger partial charge is 0.0627 e. The summed E-state index contributed by atoms with van der Waals surface area (Å²) in [5, 5.41) is 8.27. The first kappa shape index (κ1) is 13.6. The van der Waals surface area contributed by atoms with Crippen molar-refractivity contribution >= 4 is 0 Å². The normalized spacial score (nSPS) is 24.7. The molecule has 0 aromatic carbocycles. The van der Waals surface area contributed by atoms with Crippen molar-refractivity contribution in [2.24, 2.45) is 5.92 Å². The Balaban J connectivity index is 1.87. The molecule has 0 amide bonds. The largest absolute Gasteiger partial charge is 0.314 e. The van der Waals surface area contributed by atoms with Crippen molar-refractivity contribution in [2.75, 3.05) is 6.54 Å². The Kier molecular flexibility index (Phi) is 4.81. The predicted octanol–water partition coefficient (Wildman–Crippen LogP) is 3.17. The average Bonchev–Trinajstić information content (AvgIpc) is 2.78. The summed E-state index contributed by atoms with van der Waals surface area (Å²) in [5.74, 6) is 0.818. The highest BCUT2D eigenvalue weighted by atomic mass is 15.3. The zero-order valence-electron chi connectivity index (χ0n) is 12.0. The Bertz CT molecular complexity index is 354. The van der Waals surface area contributed by atoms with E-state index in [9.17, 15) is 0 Å². The fraction of sp³-hybridized carbons (Fsp3) is 0.800. The van der Waals surface area contributed by atoms with E-state index >= 15 is 0 Å². The molecule has 102 valence electrons. The van der Waals surface area contributed by atoms with Gasteiger partial charge < -0.3 is 5.32 Å². The molecule has 2 unspecified atom stereocenters. The molecular formula is C15H27N3. The van der Waals surface area contributed by atoms with Gasteiger partial charge in [0.1, 0.15) is 0 Å². The zero-order valence-corrected chi connectivity index (χ0v) is 12.0. The van der Waals surface area contributed by atoms with Crippen LogP contribution in [-0.2, 0) is 6.42 Å². The van der Waals surface area contributed by atoms with E-state index in [1.807, 2.05) is 0 Å². The molecule has 0 aliphatic heterocycles. The first-order valence-corrected chi connectivity index (χ1v) is 7.46. The van der Waals surface area contributed by atoms with E-state index in [-0.39, 0.29) is 0 Å². The number of hydrogen-bond donors (Lipinski definition) is 1. The minimum Gasteiger partial charge on any atom is -0.314 e. The van der Waals surface area contributed by atoms with Gasteiger partial charge in [-0.15, -0.1) is 0 Å². The van der Waals surface area contributed by atoms with Crippen LogP contribution in [0.5, 0.6) is 0 Å². The summed E-state index contributed by atoms with van der Waals surface area (Å²) in [7, 11) is 0. The van der Waals surface area contributed by atoms with E-state index < -0.39 is 0 Å². The maximum Gasteiger partial charge on any atom is 0.0627 e. The molecule has 3 nitrogen and oxygen atoms in total. The molecule has 1 N–H and O–H groups in total. The molecule has 1 aliphatic rings. The van der Waals surface area contributed by atoms with Crippen LogP contribution in [0.15, 0.2) is 12.3 Å². The Hall–Kier alpha value is -0.830. The summed E-state index contributed by atoms with van der Waals surface area (Å²) in [6, 6.07) is 3.40. The number of nitrogens with one attached hydrogen (secondary N) is 1. The van der Waals surface area contributed by atoms with Crippen molar-refractivity contribution in [3.8, 4) is 0 Å². The molecule has 1 aliphatic carbocycles. The molecule has 1 aromatic heterocycles. The Morgan fingerprint density at radius 2 is 2.28 bits per heavy atom. The molecule has 1 fully saturated rings. The van der Waals surface area contributed by atoms with Gasteiger partial charge in [0, 0.05) is 18.3 Å². The summed E-state index contributed by atoms with van der Waals surface area (Å²) in [4.78, 5) is 0. The van der Waals surface area contributed by atoms with Gasteiger partial charge in [-0.2, -0.15) is 5.10 Å². The van der Waals surface area contributed by atoms with Crippen LogP contribution in [0.3, 0.4) is 0 Å². The van der Waals surface area contributed by atoms with Crippen LogP contribution < -0.4 is 5.32 Å². The van der Waals surface area contributed by atoms with Crippen molar-refractivity contribution in [3.63, 3.8) is 0 Å². The first-order chi connectivity index (χ1) is 8.69. The monoisotopic (exact) mass is 249 g/mol. The Morgan fingerprint density at radius 1 is 1.44 bits per heavy atom. The third kappa shape index (κ3) is 3.58. The average molecular weight is 249 g/mol. The maximum atomic E-state index is 4.67.